The number of anilines is 1. The van der Waals surface area contributed by atoms with E-state index in [9.17, 15) is 13.5 Å². The summed E-state index contributed by atoms with van der Waals surface area (Å²) in [6.45, 7) is 3.97. The van der Waals surface area contributed by atoms with Gasteiger partial charge in [0.15, 0.2) is 0 Å². The van der Waals surface area contributed by atoms with Crippen LogP contribution in [0.4, 0.5) is 5.69 Å². The Morgan fingerprint density at radius 3 is 2.76 bits per heavy atom. The molecule has 1 fully saturated rings. The molecule has 0 spiro atoms. The van der Waals surface area contributed by atoms with Gasteiger partial charge in [-0.2, -0.15) is 4.31 Å². The van der Waals surface area contributed by atoms with Crippen molar-refractivity contribution in [3.63, 3.8) is 0 Å². The molecule has 2 unspecified atom stereocenters. The number of ether oxygens (including phenoxy) is 1. The van der Waals surface area contributed by atoms with Crippen LogP contribution in [0.15, 0.2) is 23.1 Å². The standard InChI is InChI=1S/C14H22N2O4S/c1-3-11-4-5-13(6-14(11)15)21(18,19)16-7-12(8-17)20-9-10(16)2/h4-6,10,12,17H,3,7-9,15H2,1-2H3. The van der Waals surface area contributed by atoms with Crippen LogP contribution in [0.25, 0.3) is 0 Å². The molecule has 118 valence electrons. The lowest BCUT2D eigenvalue weighted by molar-refractivity contribution is -0.0516. The minimum atomic E-state index is -3.64. The molecule has 1 heterocycles. The summed E-state index contributed by atoms with van der Waals surface area (Å²) in [5.74, 6) is 0. The molecule has 0 aromatic heterocycles. The van der Waals surface area contributed by atoms with E-state index in [0.29, 0.717) is 5.69 Å². The van der Waals surface area contributed by atoms with Crippen molar-refractivity contribution in [2.75, 3.05) is 25.5 Å². The SMILES string of the molecule is CCc1ccc(S(=O)(=O)N2CC(CO)OCC2C)cc1N. The summed E-state index contributed by atoms with van der Waals surface area (Å²) >= 11 is 0. The van der Waals surface area contributed by atoms with Gasteiger partial charge in [-0.15, -0.1) is 0 Å². The van der Waals surface area contributed by atoms with Gasteiger partial charge < -0.3 is 15.6 Å². The van der Waals surface area contributed by atoms with Crippen LogP contribution in [0.3, 0.4) is 0 Å². The first-order valence-electron chi connectivity index (χ1n) is 7.02. The van der Waals surface area contributed by atoms with E-state index in [4.69, 9.17) is 10.5 Å². The number of aliphatic hydroxyl groups is 1. The van der Waals surface area contributed by atoms with Crippen molar-refractivity contribution in [3.05, 3.63) is 23.8 Å². The van der Waals surface area contributed by atoms with Crippen LogP contribution in [0, 0.1) is 0 Å². The highest BCUT2D eigenvalue weighted by Crippen LogP contribution is 2.25. The van der Waals surface area contributed by atoms with Gasteiger partial charge in [0.1, 0.15) is 0 Å². The number of morpholine rings is 1. The molecule has 1 aliphatic heterocycles. The fourth-order valence-electron chi connectivity index (χ4n) is 2.43. The second kappa shape index (κ2) is 6.31. The molecule has 1 aromatic rings. The summed E-state index contributed by atoms with van der Waals surface area (Å²) in [5.41, 5.74) is 7.31. The third-order valence-electron chi connectivity index (χ3n) is 3.76. The zero-order valence-corrected chi connectivity index (χ0v) is 13.1. The van der Waals surface area contributed by atoms with Crippen LogP contribution in [0.2, 0.25) is 0 Å². The maximum atomic E-state index is 12.7. The number of aryl methyl sites for hydroxylation is 1. The Kier molecular flexibility index (Phi) is 4.88. The summed E-state index contributed by atoms with van der Waals surface area (Å²) < 4.78 is 32.2. The minimum absolute atomic E-state index is 0.148. The van der Waals surface area contributed by atoms with Gasteiger partial charge in [-0.05, 0) is 31.0 Å². The average Bonchev–Trinajstić information content (AvgIpc) is 2.47. The fourth-order valence-corrected chi connectivity index (χ4v) is 4.11. The first-order valence-corrected chi connectivity index (χ1v) is 8.46. The Morgan fingerprint density at radius 2 is 2.19 bits per heavy atom. The molecule has 21 heavy (non-hydrogen) atoms. The number of rotatable bonds is 4. The smallest absolute Gasteiger partial charge is 0.243 e. The van der Waals surface area contributed by atoms with Gasteiger partial charge in [-0.25, -0.2) is 8.42 Å². The van der Waals surface area contributed by atoms with E-state index in [-0.39, 0.29) is 30.7 Å². The van der Waals surface area contributed by atoms with E-state index in [2.05, 4.69) is 0 Å². The molecular formula is C14H22N2O4S. The quantitative estimate of drug-likeness (QED) is 0.794. The minimum Gasteiger partial charge on any atom is -0.398 e. The van der Waals surface area contributed by atoms with Gasteiger partial charge in [-0.3, -0.25) is 0 Å². The summed E-state index contributed by atoms with van der Waals surface area (Å²) in [4.78, 5) is 0.183. The molecule has 0 saturated carbocycles. The van der Waals surface area contributed by atoms with Crippen molar-refractivity contribution in [2.24, 2.45) is 0 Å². The molecule has 1 saturated heterocycles. The van der Waals surface area contributed by atoms with Gasteiger partial charge in [0, 0.05) is 18.3 Å². The molecule has 0 bridgehead atoms. The van der Waals surface area contributed by atoms with E-state index < -0.39 is 16.1 Å². The third-order valence-corrected chi connectivity index (χ3v) is 5.73. The monoisotopic (exact) mass is 314 g/mol. The highest BCUT2D eigenvalue weighted by molar-refractivity contribution is 7.89. The molecule has 0 aliphatic carbocycles. The lowest BCUT2D eigenvalue weighted by Crippen LogP contribution is -2.51. The topological polar surface area (TPSA) is 92.9 Å². The second-order valence-corrected chi connectivity index (χ2v) is 7.17. The first-order chi connectivity index (χ1) is 9.90. The molecule has 0 radical (unpaired) electrons. The molecular weight excluding hydrogens is 292 g/mol. The molecule has 0 amide bonds. The van der Waals surface area contributed by atoms with Crippen LogP contribution in [-0.2, 0) is 21.2 Å². The predicted octanol–water partition coefficient (Wildman–Crippen LogP) is 0.602. The van der Waals surface area contributed by atoms with Gasteiger partial charge in [-0.1, -0.05) is 13.0 Å². The van der Waals surface area contributed by atoms with Crippen LogP contribution in [-0.4, -0.2) is 49.7 Å². The summed E-state index contributed by atoms with van der Waals surface area (Å²) in [6.07, 6.45) is 0.274. The summed E-state index contributed by atoms with van der Waals surface area (Å²) in [6, 6.07) is 4.56. The highest BCUT2D eigenvalue weighted by atomic mass is 32.2. The summed E-state index contributed by atoms with van der Waals surface area (Å²) in [7, 11) is -3.64. The maximum absolute atomic E-state index is 12.7. The van der Waals surface area contributed by atoms with Crippen molar-refractivity contribution in [1.82, 2.24) is 4.31 Å². The second-order valence-electron chi connectivity index (χ2n) is 5.28. The van der Waals surface area contributed by atoms with Crippen LogP contribution < -0.4 is 5.73 Å². The predicted molar refractivity (Wildman–Crippen MR) is 80.4 cm³/mol. The van der Waals surface area contributed by atoms with E-state index in [1.54, 1.807) is 19.1 Å². The number of sulfonamides is 1. The largest absolute Gasteiger partial charge is 0.398 e. The van der Waals surface area contributed by atoms with Gasteiger partial charge in [0.05, 0.1) is 24.2 Å². The highest BCUT2D eigenvalue weighted by Gasteiger charge is 2.35. The molecule has 1 aliphatic rings. The van der Waals surface area contributed by atoms with Crippen molar-refractivity contribution < 1.29 is 18.3 Å². The Morgan fingerprint density at radius 1 is 1.48 bits per heavy atom. The fraction of sp³-hybridized carbons (Fsp3) is 0.571. The van der Waals surface area contributed by atoms with E-state index in [1.165, 1.54) is 10.4 Å². The zero-order valence-electron chi connectivity index (χ0n) is 12.3. The molecule has 7 heteroatoms. The molecule has 2 atom stereocenters. The maximum Gasteiger partial charge on any atom is 0.243 e. The molecule has 6 nitrogen and oxygen atoms in total. The number of nitrogens with two attached hydrogens (primary N) is 1. The average molecular weight is 314 g/mol. The van der Waals surface area contributed by atoms with Crippen molar-refractivity contribution >= 4 is 15.7 Å². The lowest BCUT2D eigenvalue weighted by atomic mass is 10.1. The molecule has 2 rings (SSSR count). The number of hydrogen-bond acceptors (Lipinski definition) is 5. The number of hydrogen-bond donors (Lipinski definition) is 2. The van der Waals surface area contributed by atoms with Crippen LogP contribution in [0.5, 0.6) is 0 Å². The van der Waals surface area contributed by atoms with Crippen LogP contribution in [0.1, 0.15) is 19.4 Å². The third kappa shape index (κ3) is 3.21. The Hall–Kier alpha value is -1.15. The van der Waals surface area contributed by atoms with Crippen LogP contribution >= 0.6 is 0 Å². The number of aliphatic hydroxyl groups excluding tert-OH is 1. The normalized spacial score (nSPS) is 24.1. The number of benzene rings is 1. The molecule has 1 aromatic carbocycles. The van der Waals surface area contributed by atoms with Crippen molar-refractivity contribution in [1.29, 1.82) is 0 Å². The Bertz CT molecular complexity index is 603. The van der Waals surface area contributed by atoms with E-state index >= 15 is 0 Å². The Labute approximate surface area is 125 Å². The van der Waals surface area contributed by atoms with Gasteiger partial charge >= 0.3 is 0 Å². The van der Waals surface area contributed by atoms with E-state index in [0.717, 1.165) is 12.0 Å². The lowest BCUT2D eigenvalue weighted by Gasteiger charge is -2.36. The molecule has 3 N–H and O–H groups in total. The zero-order chi connectivity index (χ0) is 15.6. The van der Waals surface area contributed by atoms with Crippen molar-refractivity contribution in [3.8, 4) is 0 Å². The Balaban J connectivity index is 2.34. The van der Waals surface area contributed by atoms with Crippen molar-refractivity contribution in [2.45, 2.75) is 37.3 Å². The first kappa shape index (κ1) is 16.2. The van der Waals surface area contributed by atoms with Gasteiger partial charge in [0.25, 0.3) is 0 Å². The number of nitrogen functional groups attached to an aromatic ring is 1. The summed E-state index contributed by atoms with van der Waals surface area (Å²) in [5, 5.41) is 9.18. The van der Waals surface area contributed by atoms with Gasteiger partial charge in [0.2, 0.25) is 10.0 Å². The van der Waals surface area contributed by atoms with E-state index in [1.807, 2.05) is 6.92 Å². The number of nitrogens with zero attached hydrogens (tertiary/aromatic N) is 1.